The molecule has 4 rings (SSSR count). The molecule has 32 heavy (non-hydrogen) atoms. The van der Waals surface area contributed by atoms with Crippen LogP contribution in [0.5, 0.6) is 11.5 Å². The summed E-state index contributed by atoms with van der Waals surface area (Å²) in [6, 6.07) is 12.4. The normalized spacial score (nSPS) is 11.9. The number of nitrogens with one attached hydrogen (secondary N) is 1. The molecule has 5 heteroatoms. The first kappa shape index (κ1) is 23.4. The highest BCUT2D eigenvalue weighted by Crippen LogP contribution is 2.34. The first-order chi connectivity index (χ1) is 15.5. The SMILES string of the molecule is C=CC(=C)C.CCc1ccc2c3c(c(NCc4ccc(OC)cc4OC)nc2c1)COC3. The first-order valence-electron chi connectivity index (χ1n) is 10.8. The lowest BCUT2D eigenvalue weighted by Gasteiger charge is -2.15. The Kier molecular flexibility index (Phi) is 7.90. The van der Waals surface area contributed by atoms with Crippen molar-refractivity contribution >= 4 is 16.7 Å². The number of allylic oxidation sites excluding steroid dienone is 2. The van der Waals surface area contributed by atoms with Crippen LogP contribution < -0.4 is 14.8 Å². The van der Waals surface area contributed by atoms with Gasteiger partial charge in [0.15, 0.2) is 0 Å². The molecule has 0 radical (unpaired) electrons. The molecule has 0 fully saturated rings. The van der Waals surface area contributed by atoms with Gasteiger partial charge in [-0.1, -0.05) is 43.9 Å². The minimum atomic E-state index is 0.593. The fourth-order valence-electron chi connectivity index (χ4n) is 3.54. The summed E-state index contributed by atoms with van der Waals surface area (Å²) in [5.41, 5.74) is 6.77. The number of fused-ring (bicyclic) bond motifs is 3. The predicted molar refractivity (Wildman–Crippen MR) is 131 cm³/mol. The lowest BCUT2D eigenvalue weighted by molar-refractivity contribution is 0.135. The number of methoxy groups -OCH3 is 2. The molecule has 3 aromatic rings. The van der Waals surface area contributed by atoms with Crippen LogP contribution in [-0.2, 0) is 30.9 Å². The summed E-state index contributed by atoms with van der Waals surface area (Å²) in [6.45, 7) is 12.9. The molecule has 0 saturated carbocycles. The Morgan fingerprint density at radius 2 is 1.88 bits per heavy atom. The molecule has 2 aromatic carbocycles. The summed E-state index contributed by atoms with van der Waals surface area (Å²) in [4.78, 5) is 4.90. The van der Waals surface area contributed by atoms with E-state index in [2.05, 4.69) is 43.6 Å². The van der Waals surface area contributed by atoms with Crippen molar-refractivity contribution in [3.05, 3.63) is 83.5 Å². The van der Waals surface area contributed by atoms with E-state index in [-0.39, 0.29) is 0 Å². The van der Waals surface area contributed by atoms with Gasteiger partial charge in [-0.25, -0.2) is 4.98 Å². The topological polar surface area (TPSA) is 52.6 Å². The van der Waals surface area contributed by atoms with Gasteiger partial charge in [-0.3, -0.25) is 0 Å². The number of hydrogen-bond donors (Lipinski definition) is 1. The maximum absolute atomic E-state index is 5.73. The Morgan fingerprint density at radius 3 is 2.53 bits per heavy atom. The summed E-state index contributed by atoms with van der Waals surface area (Å²) < 4.78 is 16.5. The number of hydrogen-bond acceptors (Lipinski definition) is 5. The summed E-state index contributed by atoms with van der Waals surface area (Å²) in [7, 11) is 3.32. The van der Waals surface area contributed by atoms with Gasteiger partial charge >= 0.3 is 0 Å². The van der Waals surface area contributed by atoms with Crippen LogP contribution in [0.4, 0.5) is 5.82 Å². The maximum Gasteiger partial charge on any atom is 0.132 e. The van der Waals surface area contributed by atoms with Crippen LogP contribution in [0.15, 0.2) is 61.2 Å². The molecule has 1 aromatic heterocycles. The number of ether oxygens (including phenoxy) is 3. The molecule has 5 nitrogen and oxygen atoms in total. The molecule has 0 unspecified atom stereocenters. The van der Waals surface area contributed by atoms with Crippen LogP contribution >= 0.6 is 0 Å². The van der Waals surface area contributed by atoms with Gasteiger partial charge in [0.25, 0.3) is 0 Å². The summed E-state index contributed by atoms with van der Waals surface area (Å²) in [6.07, 6.45) is 2.72. The third-order valence-electron chi connectivity index (χ3n) is 5.46. The van der Waals surface area contributed by atoms with Crippen LogP contribution in [0.25, 0.3) is 10.9 Å². The lowest BCUT2D eigenvalue weighted by atomic mass is 10.0. The molecule has 0 spiro atoms. The van der Waals surface area contributed by atoms with Crippen molar-refractivity contribution in [1.29, 1.82) is 0 Å². The zero-order valence-electron chi connectivity index (χ0n) is 19.5. The zero-order chi connectivity index (χ0) is 23.1. The number of nitrogens with zero attached hydrogens (tertiary/aromatic N) is 1. The van der Waals surface area contributed by atoms with Crippen molar-refractivity contribution in [2.45, 2.75) is 40.0 Å². The molecule has 2 heterocycles. The van der Waals surface area contributed by atoms with E-state index in [1.165, 1.54) is 16.5 Å². The van der Waals surface area contributed by atoms with Crippen molar-refractivity contribution in [2.24, 2.45) is 0 Å². The average Bonchev–Trinajstić information content (AvgIpc) is 3.32. The van der Waals surface area contributed by atoms with Gasteiger partial charge in [0.1, 0.15) is 17.3 Å². The number of rotatable bonds is 7. The van der Waals surface area contributed by atoms with Gasteiger partial charge in [-0.2, -0.15) is 0 Å². The Labute approximate surface area is 190 Å². The van der Waals surface area contributed by atoms with Crippen LogP contribution in [0.2, 0.25) is 0 Å². The van der Waals surface area contributed by atoms with E-state index in [4.69, 9.17) is 19.2 Å². The highest BCUT2D eigenvalue weighted by molar-refractivity contribution is 5.86. The zero-order valence-corrected chi connectivity index (χ0v) is 19.5. The van der Waals surface area contributed by atoms with Crippen molar-refractivity contribution in [3.63, 3.8) is 0 Å². The molecule has 0 amide bonds. The maximum atomic E-state index is 5.73. The second-order valence-corrected chi connectivity index (χ2v) is 7.70. The smallest absolute Gasteiger partial charge is 0.132 e. The van der Waals surface area contributed by atoms with E-state index in [0.29, 0.717) is 19.8 Å². The predicted octanol–water partition coefficient (Wildman–Crippen LogP) is 6.21. The molecule has 1 aliphatic rings. The number of anilines is 1. The molecular formula is C27H32N2O3. The Balaban J connectivity index is 0.000000523. The molecule has 0 bridgehead atoms. The second-order valence-electron chi connectivity index (χ2n) is 7.70. The molecule has 168 valence electrons. The number of aryl methyl sites for hydroxylation is 1. The van der Waals surface area contributed by atoms with Gasteiger partial charge in [-0.15, -0.1) is 0 Å². The standard InChI is InChI=1S/C22H24N2O3.C5H8/c1-4-14-5-8-17-18-12-27-13-19(18)22(24-20(17)9-14)23-11-15-6-7-16(25-2)10-21(15)26-3;1-4-5(2)3/h5-10H,4,11-13H2,1-3H3,(H,23,24);4H,1-2H2,3H3. The van der Waals surface area contributed by atoms with E-state index in [1.54, 1.807) is 20.3 Å². The molecule has 1 aliphatic heterocycles. The first-order valence-corrected chi connectivity index (χ1v) is 10.8. The molecule has 0 aliphatic carbocycles. The quantitative estimate of drug-likeness (QED) is 0.450. The molecule has 0 atom stereocenters. The van der Waals surface area contributed by atoms with E-state index < -0.39 is 0 Å². The van der Waals surface area contributed by atoms with Crippen molar-refractivity contribution in [3.8, 4) is 11.5 Å². The number of benzene rings is 2. The molecular weight excluding hydrogens is 400 g/mol. The second kappa shape index (κ2) is 10.8. The van der Waals surface area contributed by atoms with Crippen LogP contribution in [0.3, 0.4) is 0 Å². The van der Waals surface area contributed by atoms with Gasteiger partial charge in [0.05, 0.1) is 33.0 Å². The minimum absolute atomic E-state index is 0.593. The Hall–Kier alpha value is -3.31. The molecule has 1 N–H and O–H groups in total. The van der Waals surface area contributed by atoms with E-state index in [9.17, 15) is 0 Å². The van der Waals surface area contributed by atoms with E-state index >= 15 is 0 Å². The fraction of sp³-hybridized carbons (Fsp3) is 0.296. The molecule has 0 saturated heterocycles. The highest BCUT2D eigenvalue weighted by Gasteiger charge is 2.20. The third-order valence-corrected chi connectivity index (χ3v) is 5.46. The van der Waals surface area contributed by atoms with Gasteiger partial charge in [0, 0.05) is 29.1 Å². The lowest BCUT2D eigenvalue weighted by Crippen LogP contribution is -2.07. The van der Waals surface area contributed by atoms with Gasteiger partial charge < -0.3 is 19.5 Å². The van der Waals surface area contributed by atoms with E-state index in [1.807, 2.05) is 25.1 Å². The third kappa shape index (κ3) is 5.29. The van der Waals surface area contributed by atoms with E-state index in [0.717, 1.165) is 46.0 Å². The largest absolute Gasteiger partial charge is 0.497 e. The number of pyridine rings is 1. The average molecular weight is 433 g/mol. The highest BCUT2D eigenvalue weighted by atomic mass is 16.5. The van der Waals surface area contributed by atoms with Gasteiger partial charge in [-0.05, 0) is 42.7 Å². The minimum Gasteiger partial charge on any atom is -0.497 e. The monoisotopic (exact) mass is 432 g/mol. The van der Waals surface area contributed by atoms with Crippen molar-refractivity contribution in [1.82, 2.24) is 4.98 Å². The summed E-state index contributed by atoms with van der Waals surface area (Å²) in [5, 5.41) is 4.68. The number of aromatic nitrogens is 1. The Bertz CT molecular complexity index is 1120. The van der Waals surface area contributed by atoms with Crippen LogP contribution in [0.1, 0.15) is 36.1 Å². The van der Waals surface area contributed by atoms with Crippen molar-refractivity contribution < 1.29 is 14.2 Å². The van der Waals surface area contributed by atoms with Gasteiger partial charge in [0.2, 0.25) is 0 Å². The van der Waals surface area contributed by atoms with Crippen LogP contribution in [-0.4, -0.2) is 19.2 Å². The Morgan fingerprint density at radius 1 is 1.12 bits per heavy atom. The summed E-state index contributed by atoms with van der Waals surface area (Å²) >= 11 is 0. The van der Waals surface area contributed by atoms with Crippen molar-refractivity contribution in [2.75, 3.05) is 19.5 Å². The van der Waals surface area contributed by atoms with Crippen LogP contribution in [0, 0.1) is 0 Å². The fourth-order valence-corrected chi connectivity index (χ4v) is 3.54. The summed E-state index contributed by atoms with van der Waals surface area (Å²) in [5.74, 6) is 2.46.